The highest BCUT2D eigenvalue weighted by Gasteiger charge is 2.12. The fourth-order valence-electron chi connectivity index (χ4n) is 4.51. The van der Waals surface area contributed by atoms with E-state index in [1.165, 1.54) is 22.0 Å². The largest absolute Gasteiger partial charge is 0.316 e. The number of nitrogens with one attached hydrogen (secondary N) is 1. The number of nitrogens with zero attached hydrogens (tertiary/aromatic N) is 1. The molecular formula is C32H30N2O2. The number of hydrogen-bond acceptors (Lipinski definition) is 2. The van der Waals surface area contributed by atoms with E-state index in [-0.39, 0.29) is 5.91 Å². The first-order valence-corrected chi connectivity index (χ1v) is 12.4. The summed E-state index contributed by atoms with van der Waals surface area (Å²) in [6.45, 7) is 0.357. The van der Waals surface area contributed by atoms with Crippen LogP contribution in [0.5, 0.6) is 0 Å². The van der Waals surface area contributed by atoms with Crippen LogP contribution < -0.4 is 5.48 Å². The number of aromatic nitrogens is 1. The topological polar surface area (TPSA) is 43.3 Å². The molecule has 0 saturated heterocycles. The van der Waals surface area contributed by atoms with E-state index in [0.29, 0.717) is 19.4 Å². The molecule has 1 amide bonds. The van der Waals surface area contributed by atoms with E-state index in [4.69, 9.17) is 4.84 Å². The second kappa shape index (κ2) is 11.5. The molecule has 4 heteroatoms. The summed E-state index contributed by atoms with van der Waals surface area (Å²) in [5.41, 5.74) is 9.72. The van der Waals surface area contributed by atoms with Gasteiger partial charge >= 0.3 is 0 Å². The van der Waals surface area contributed by atoms with Gasteiger partial charge in [-0.3, -0.25) is 9.63 Å². The van der Waals surface area contributed by atoms with Crippen LogP contribution in [0.2, 0.25) is 0 Å². The second-order valence-electron chi connectivity index (χ2n) is 9.00. The van der Waals surface area contributed by atoms with E-state index in [2.05, 4.69) is 89.0 Å². The second-order valence-corrected chi connectivity index (χ2v) is 9.00. The van der Waals surface area contributed by atoms with Crippen molar-refractivity contribution in [2.24, 2.45) is 0 Å². The number of benzene rings is 4. The predicted octanol–water partition coefficient (Wildman–Crippen LogP) is 6.60. The summed E-state index contributed by atoms with van der Waals surface area (Å²) < 4.78 is 2.27. The van der Waals surface area contributed by atoms with Gasteiger partial charge in [0.1, 0.15) is 0 Å². The van der Waals surface area contributed by atoms with E-state index in [9.17, 15) is 4.79 Å². The molecule has 0 atom stereocenters. The molecule has 0 aliphatic carbocycles. The number of para-hydroxylation sites is 1. The Hall–Kier alpha value is -4.15. The van der Waals surface area contributed by atoms with Crippen molar-refractivity contribution in [3.63, 3.8) is 0 Å². The highest BCUT2D eigenvalue weighted by atomic mass is 16.6. The number of carbonyl (C=O) groups is 1. The maximum Gasteiger partial charge on any atom is 0.243 e. The van der Waals surface area contributed by atoms with Gasteiger partial charge < -0.3 is 4.57 Å². The molecule has 0 radical (unpaired) electrons. The van der Waals surface area contributed by atoms with Crippen molar-refractivity contribution in [1.82, 2.24) is 10.0 Å². The van der Waals surface area contributed by atoms with Crippen molar-refractivity contribution in [2.75, 3.05) is 0 Å². The number of rotatable bonds is 10. The molecule has 1 heterocycles. The third-order valence-electron chi connectivity index (χ3n) is 6.42. The highest BCUT2D eigenvalue weighted by molar-refractivity contribution is 5.86. The number of carbonyl (C=O) groups excluding carboxylic acids is 1. The quantitative estimate of drug-likeness (QED) is 0.232. The van der Waals surface area contributed by atoms with Crippen LogP contribution in [0, 0.1) is 0 Å². The van der Waals surface area contributed by atoms with Gasteiger partial charge in [0, 0.05) is 23.7 Å². The van der Waals surface area contributed by atoms with Gasteiger partial charge in [-0.1, -0.05) is 84.9 Å². The lowest BCUT2D eigenvalue weighted by molar-refractivity contribution is -0.134. The minimum absolute atomic E-state index is 0.114. The van der Waals surface area contributed by atoms with Gasteiger partial charge in [0.2, 0.25) is 5.91 Å². The van der Waals surface area contributed by atoms with Gasteiger partial charge in [0.05, 0.1) is 12.1 Å². The van der Waals surface area contributed by atoms with Crippen LogP contribution >= 0.6 is 0 Å². The maximum absolute atomic E-state index is 12.3. The molecule has 0 spiro atoms. The molecule has 36 heavy (non-hydrogen) atoms. The van der Waals surface area contributed by atoms with Crippen molar-refractivity contribution < 1.29 is 9.63 Å². The Bertz CT molecular complexity index is 1410. The summed E-state index contributed by atoms with van der Waals surface area (Å²) >= 11 is 0. The van der Waals surface area contributed by atoms with Gasteiger partial charge in [-0.15, -0.1) is 0 Å². The third kappa shape index (κ3) is 5.91. The molecule has 0 bridgehead atoms. The van der Waals surface area contributed by atoms with Gasteiger partial charge in [0.25, 0.3) is 0 Å². The average molecular weight is 475 g/mol. The van der Waals surface area contributed by atoms with Crippen LogP contribution in [0.25, 0.3) is 16.6 Å². The number of amides is 1. The van der Waals surface area contributed by atoms with Gasteiger partial charge in [0.15, 0.2) is 0 Å². The van der Waals surface area contributed by atoms with Gasteiger partial charge in [-0.2, -0.15) is 0 Å². The van der Waals surface area contributed by atoms with E-state index in [1.54, 1.807) is 0 Å². The Labute approximate surface area is 212 Å². The van der Waals surface area contributed by atoms with Crippen molar-refractivity contribution in [3.05, 3.63) is 138 Å². The summed E-state index contributed by atoms with van der Waals surface area (Å²) in [5, 5.41) is 1.24. The first kappa shape index (κ1) is 23.6. The van der Waals surface area contributed by atoms with Crippen molar-refractivity contribution in [2.45, 2.75) is 32.3 Å². The number of hydroxylamine groups is 1. The summed E-state index contributed by atoms with van der Waals surface area (Å²) in [7, 11) is 0. The van der Waals surface area contributed by atoms with Crippen LogP contribution in [0.3, 0.4) is 0 Å². The molecular weight excluding hydrogens is 444 g/mol. The average Bonchev–Trinajstić information content (AvgIpc) is 3.30. The fraction of sp³-hybridized carbons (Fsp3) is 0.156. The molecule has 1 N–H and O–H groups in total. The molecule has 1 aromatic heterocycles. The van der Waals surface area contributed by atoms with Crippen LogP contribution in [-0.4, -0.2) is 10.5 Å². The summed E-state index contributed by atoms with van der Waals surface area (Å²) in [6.07, 6.45) is 5.23. The lowest BCUT2D eigenvalue weighted by Gasteiger charge is -2.08. The van der Waals surface area contributed by atoms with Gasteiger partial charge in [-0.25, -0.2) is 5.48 Å². The van der Waals surface area contributed by atoms with E-state index in [0.717, 1.165) is 29.7 Å². The first-order valence-electron chi connectivity index (χ1n) is 12.4. The molecule has 0 aliphatic rings. The maximum atomic E-state index is 12.3. The zero-order valence-corrected chi connectivity index (χ0v) is 20.3. The lowest BCUT2D eigenvalue weighted by atomic mass is 10.0. The Morgan fingerprint density at radius 2 is 1.36 bits per heavy atom. The standard InChI is InChI=1S/C32H30N2O2/c35-32(33-36-24-27-12-6-2-7-13-27)21-18-26-17-20-31-30(22-26)28(19-16-25-10-4-1-5-11-25)23-34(31)29-14-8-3-9-15-29/h1-15,17,20,22-23H,16,18-19,21,24H2,(H,33,35). The Kier molecular flexibility index (Phi) is 7.55. The van der Waals surface area contributed by atoms with Crippen molar-refractivity contribution in [3.8, 4) is 5.69 Å². The Morgan fingerprint density at radius 3 is 2.08 bits per heavy atom. The Balaban J connectivity index is 1.29. The molecule has 5 rings (SSSR count). The van der Waals surface area contributed by atoms with E-state index >= 15 is 0 Å². The molecule has 4 nitrogen and oxygen atoms in total. The fourth-order valence-corrected chi connectivity index (χ4v) is 4.51. The smallest absolute Gasteiger partial charge is 0.243 e. The van der Waals surface area contributed by atoms with E-state index in [1.807, 2.05) is 36.4 Å². The van der Waals surface area contributed by atoms with Crippen LogP contribution in [0.1, 0.15) is 28.7 Å². The normalized spacial score (nSPS) is 11.0. The highest BCUT2D eigenvalue weighted by Crippen LogP contribution is 2.28. The van der Waals surface area contributed by atoms with Crippen LogP contribution in [0.15, 0.2) is 115 Å². The Morgan fingerprint density at radius 1 is 0.694 bits per heavy atom. The molecule has 0 saturated carbocycles. The number of aryl methyl sites for hydroxylation is 3. The third-order valence-corrected chi connectivity index (χ3v) is 6.42. The number of fused-ring (bicyclic) bond motifs is 1. The minimum atomic E-state index is -0.114. The SMILES string of the molecule is O=C(CCc1ccc2c(c1)c(CCc1ccccc1)cn2-c1ccccc1)NOCc1ccccc1. The van der Waals surface area contributed by atoms with Gasteiger partial charge in [-0.05, 0) is 65.8 Å². The van der Waals surface area contributed by atoms with Crippen LogP contribution in [-0.2, 0) is 35.5 Å². The van der Waals surface area contributed by atoms with Crippen LogP contribution in [0.4, 0.5) is 0 Å². The molecule has 0 aliphatic heterocycles. The lowest BCUT2D eigenvalue weighted by Crippen LogP contribution is -2.23. The number of hydrogen-bond donors (Lipinski definition) is 1. The monoisotopic (exact) mass is 474 g/mol. The minimum Gasteiger partial charge on any atom is -0.316 e. The summed E-state index contributed by atoms with van der Waals surface area (Å²) in [4.78, 5) is 17.7. The van der Waals surface area contributed by atoms with Crippen molar-refractivity contribution in [1.29, 1.82) is 0 Å². The summed E-state index contributed by atoms with van der Waals surface area (Å²) in [5.74, 6) is -0.114. The molecule has 0 unspecified atom stereocenters. The first-order chi connectivity index (χ1) is 17.8. The van der Waals surface area contributed by atoms with Crippen molar-refractivity contribution >= 4 is 16.8 Å². The zero-order valence-electron chi connectivity index (χ0n) is 20.3. The summed E-state index contributed by atoms with van der Waals surface area (Å²) in [6, 6.07) is 37.4. The van der Waals surface area contributed by atoms with E-state index < -0.39 is 0 Å². The molecule has 4 aromatic carbocycles. The molecule has 0 fully saturated rings. The molecule has 180 valence electrons. The zero-order chi connectivity index (χ0) is 24.6. The molecule has 5 aromatic rings. The predicted molar refractivity (Wildman–Crippen MR) is 145 cm³/mol.